The molecule has 0 radical (unpaired) electrons. The van der Waals surface area contributed by atoms with E-state index in [4.69, 9.17) is 14.4 Å². The van der Waals surface area contributed by atoms with Gasteiger partial charge in [0.25, 0.3) is 0 Å². The number of nitrogens with zero attached hydrogens (tertiary/aromatic N) is 4. The van der Waals surface area contributed by atoms with Crippen molar-refractivity contribution in [2.24, 2.45) is 0 Å². The first-order chi connectivity index (χ1) is 14.2. The van der Waals surface area contributed by atoms with Crippen LogP contribution in [0.1, 0.15) is 17.4 Å². The molecule has 148 valence electrons. The smallest absolute Gasteiger partial charge is 0.172 e. The predicted octanol–water partition coefficient (Wildman–Crippen LogP) is 4.67. The maximum Gasteiger partial charge on any atom is 0.172 e. The molecule has 0 N–H and O–H groups in total. The van der Waals surface area contributed by atoms with Crippen molar-refractivity contribution in [1.82, 2.24) is 19.8 Å². The van der Waals surface area contributed by atoms with Gasteiger partial charge in [-0.05, 0) is 37.2 Å². The van der Waals surface area contributed by atoms with Crippen molar-refractivity contribution in [3.63, 3.8) is 0 Å². The SMILES string of the molecule is CN1CCN(C(Cc2ccccc2)c2ncc3oc4ccc(Br)cc4c3n2)CC1. The Kier molecular flexibility index (Phi) is 5.08. The Bertz CT molecular complexity index is 1140. The second kappa shape index (κ2) is 7.86. The molecule has 6 heteroatoms. The van der Waals surface area contributed by atoms with Gasteiger partial charge in [0.2, 0.25) is 0 Å². The molecule has 1 unspecified atom stereocenters. The van der Waals surface area contributed by atoms with Crippen LogP contribution in [0.15, 0.2) is 63.6 Å². The van der Waals surface area contributed by atoms with Gasteiger partial charge in [0.1, 0.15) is 16.9 Å². The zero-order valence-corrected chi connectivity index (χ0v) is 18.0. The number of fused-ring (bicyclic) bond motifs is 3. The highest BCUT2D eigenvalue weighted by atomic mass is 79.9. The first-order valence-electron chi connectivity index (χ1n) is 9.98. The van der Waals surface area contributed by atoms with Crippen LogP contribution in [0.2, 0.25) is 0 Å². The third-order valence-electron chi connectivity index (χ3n) is 5.74. The zero-order chi connectivity index (χ0) is 19.8. The summed E-state index contributed by atoms with van der Waals surface area (Å²) < 4.78 is 6.97. The quantitative estimate of drug-likeness (QED) is 0.451. The maximum atomic E-state index is 5.95. The van der Waals surface area contributed by atoms with E-state index in [9.17, 15) is 0 Å². The molecule has 0 aliphatic carbocycles. The van der Waals surface area contributed by atoms with E-state index in [1.807, 2.05) is 18.3 Å². The van der Waals surface area contributed by atoms with Crippen LogP contribution in [0, 0.1) is 0 Å². The van der Waals surface area contributed by atoms with Gasteiger partial charge in [-0.2, -0.15) is 0 Å². The fourth-order valence-corrected chi connectivity index (χ4v) is 4.42. The number of furan rings is 1. The minimum atomic E-state index is 0.146. The van der Waals surface area contributed by atoms with Crippen LogP contribution in [-0.2, 0) is 6.42 Å². The molecule has 4 aromatic rings. The molecule has 1 aliphatic rings. The van der Waals surface area contributed by atoms with E-state index in [-0.39, 0.29) is 6.04 Å². The number of piperazine rings is 1. The molecule has 3 heterocycles. The van der Waals surface area contributed by atoms with Gasteiger partial charge in [0.15, 0.2) is 5.58 Å². The number of rotatable bonds is 4. The van der Waals surface area contributed by atoms with Crippen LogP contribution in [0.25, 0.3) is 22.1 Å². The lowest BCUT2D eigenvalue weighted by molar-refractivity contribution is 0.107. The van der Waals surface area contributed by atoms with Gasteiger partial charge < -0.3 is 9.32 Å². The second-order valence-electron chi connectivity index (χ2n) is 7.73. The number of aromatic nitrogens is 2. The highest BCUT2D eigenvalue weighted by molar-refractivity contribution is 9.10. The minimum Gasteiger partial charge on any atom is -0.453 e. The lowest BCUT2D eigenvalue weighted by Crippen LogP contribution is -2.46. The second-order valence-corrected chi connectivity index (χ2v) is 8.64. The van der Waals surface area contributed by atoms with Gasteiger partial charge in [-0.1, -0.05) is 46.3 Å². The number of halogens is 1. The molecule has 0 spiro atoms. The monoisotopic (exact) mass is 450 g/mol. The lowest BCUT2D eigenvalue weighted by atomic mass is 10.0. The van der Waals surface area contributed by atoms with Crippen molar-refractivity contribution < 1.29 is 4.42 Å². The van der Waals surface area contributed by atoms with Gasteiger partial charge in [-0.15, -0.1) is 0 Å². The van der Waals surface area contributed by atoms with Crippen molar-refractivity contribution in [3.8, 4) is 0 Å². The fourth-order valence-electron chi connectivity index (χ4n) is 4.06. The molecule has 0 saturated carbocycles. The summed E-state index contributed by atoms with van der Waals surface area (Å²) in [5, 5.41) is 1.02. The molecular formula is C23H23BrN4O. The fraction of sp³-hybridized carbons (Fsp3) is 0.304. The van der Waals surface area contributed by atoms with Gasteiger partial charge in [0, 0.05) is 36.0 Å². The van der Waals surface area contributed by atoms with E-state index >= 15 is 0 Å². The minimum absolute atomic E-state index is 0.146. The molecule has 1 atom stereocenters. The summed E-state index contributed by atoms with van der Waals surface area (Å²) in [4.78, 5) is 14.7. The van der Waals surface area contributed by atoms with Gasteiger partial charge >= 0.3 is 0 Å². The van der Waals surface area contributed by atoms with Crippen LogP contribution in [-0.4, -0.2) is 53.0 Å². The molecule has 5 nitrogen and oxygen atoms in total. The Morgan fingerprint density at radius 1 is 1.03 bits per heavy atom. The molecule has 1 saturated heterocycles. The van der Waals surface area contributed by atoms with Crippen molar-refractivity contribution in [2.75, 3.05) is 33.2 Å². The molecule has 1 aliphatic heterocycles. The van der Waals surface area contributed by atoms with Crippen molar-refractivity contribution >= 4 is 38.0 Å². The normalized spacial score (nSPS) is 17.2. The van der Waals surface area contributed by atoms with E-state index in [1.54, 1.807) is 0 Å². The Morgan fingerprint density at radius 2 is 1.83 bits per heavy atom. The molecule has 5 rings (SSSR count). The molecule has 2 aromatic heterocycles. The first kappa shape index (κ1) is 18.7. The van der Waals surface area contributed by atoms with Gasteiger partial charge in [-0.3, -0.25) is 4.90 Å². The summed E-state index contributed by atoms with van der Waals surface area (Å²) in [5.41, 5.74) is 3.77. The molecular weight excluding hydrogens is 428 g/mol. The van der Waals surface area contributed by atoms with Crippen LogP contribution < -0.4 is 0 Å². The highest BCUT2D eigenvalue weighted by Gasteiger charge is 2.27. The molecule has 0 bridgehead atoms. The number of hydrogen-bond acceptors (Lipinski definition) is 5. The summed E-state index contributed by atoms with van der Waals surface area (Å²) in [6.45, 7) is 4.17. The van der Waals surface area contributed by atoms with Crippen molar-refractivity contribution in [2.45, 2.75) is 12.5 Å². The zero-order valence-electron chi connectivity index (χ0n) is 16.4. The number of benzene rings is 2. The Balaban J connectivity index is 1.57. The molecule has 1 fully saturated rings. The van der Waals surface area contributed by atoms with Crippen LogP contribution in [0.4, 0.5) is 0 Å². The predicted molar refractivity (Wildman–Crippen MR) is 119 cm³/mol. The third kappa shape index (κ3) is 3.80. The average molecular weight is 451 g/mol. The Morgan fingerprint density at radius 3 is 2.62 bits per heavy atom. The molecule has 2 aromatic carbocycles. The topological polar surface area (TPSA) is 45.4 Å². The van der Waals surface area contributed by atoms with Crippen molar-refractivity contribution in [3.05, 3.63) is 70.6 Å². The Labute approximate surface area is 178 Å². The summed E-state index contributed by atoms with van der Waals surface area (Å²) in [6, 6.07) is 16.8. The lowest BCUT2D eigenvalue weighted by Gasteiger charge is -2.37. The molecule has 0 amide bonds. The highest BCUT2D eigenvalue weighted by Crippen LogP contribution is 2.31. The van der Waals surface area contributed by atoms with Crippen LogP contribution in [0.3, 0.4) is 0 Å². The van der Waals surface area contributed by atoms with E-state index in [0.717, 1.165) is 65.0 Å². The molecule has 29 heavy (non-hydrogen) atoms. The number of likely N-dealkylation sites (N-methyl/N-ethyl adjacent to an activating group) is 1. The van der Waals surface area contributed by atoms with Crippen molar-refractivity contribution in [1.29, 1.82) is 0 Å². The summed E-state index contributed by atoms with van der Waals surface area (Å²) in [6.07, 6.45) is 2.73. The van der Waals surface area contributed by atoms with Crippen LogP contribution >= 0.6 is 15.9 Å². The van der Waals surface area contributed by atoms with E-state index in [0.29, 0.717) is 0 Å². The van der Waals surface area contributed by atoms with E-state index in [1.165, 1.54) is 5.56 Å². The summed E-state index contributed by atoms with van der Waals surface area (Å²) >= 11 is 3.56. The third-order valence-corrected chi connectivity index (χ3v) is 6.23. The van der Waals surface area contributed by atoms with Gasteiger partial charge in [-0.25, -0.2) is 9.97 Å². The van der Waals surface area contributed by atoms with Gasteiger partial charge in [0.05, 0.1) is 12.2 Å². The standard InChI is InChI=1S/C23H23BrN4O/c1-27-9-11-28(12-10-27)19(13-16-5-3-2-4-6-16)23-25-15-21-22(26-23)18-14-17(24)7-8-20(18)29-21/h2-8,14-15,19H,9-13H2,1H3. The van der Waals surface area contributed by atoms with E-state index in [2.05, 4.69) is 69.2 Å². The largest absolute Gasteiger partial charge is 0.453 e. The Hall–Kier alpha value is -2.28. The maximum absolute atomic E-state index is 5.95. The first-order valence-corrected chi connectivity index (χ1v) is 10.8. The van der Waals surface area contributed by atoms with E-state index < -0.39 is 0 Å². The average Bonchev–Trinajstić information content (AvgIpc) is 3.11. The number of hydrogen-bond donors (Lipinski definition) is 0. The summed E-state index contributed by atoms with van der Waals surface area (Å²) in [5.74, 6) is 0.869. The summed E-state index contributed by atoms with van der Waals surface area (Å²) in [7, 11) is 2.18. The van der Waals surface area contributed by atoms with Crippen LogP contribution in [0.5, 0.6) is 0 Å².